The summed E-state index contributed by atoms with van der Waals surface area (Å²) in [5.41, 5.74) is 3.63. The molecule has 94 valence electrons. The first-order valence-corrected chi connectivity index (χ1v) is 6.88. The molecule has 2 heterocycles. The van der Waals surface area contributed by atoms with E-state index < -0.39 is 0 Å². The van der Waals surface area contributed by atoms with E-state index in [1.165, 1.54) is 6.07 Å². The molecule has 0 saturated heterocycles. The quantitative estimate of drug-likeness (QED) is 0.773. The largest absolute Gasteiger partial charge is 0.306 e. The Morgan fingerprint density at radius 2 is 1.95 bits per heavy atom. The summed E-state index contributed by atoms with van der Waals surface area (Å²) in [6.07, 6.45) is 0. The van der Waals surface area contributed by atoms with Gasteiger partial charge in [0.2, 0.25) is 0 Å². The van der Waals surface area contributed by atoms with Gasteiger partial charge in [-0.2, -0.15) is 11.3 Å². The van der Waals surface area contributed by atoms with Gasteiger partial charge in [-0.1, -0.05) is 30.3 Å². The van der Waals surface area contributed by atoms with Crippen molar-refractivity contribution in [3.63, 3.8) is 0 Å². The SMILES string of the molecule is Cc1cscc1-c1nc(-c2ccccc2)cc(=O)[nH]1. The van der Waals surface area contributed by atoms with Gasteiger partial charge in [0.15, 0.2) is 0 Å². The molecule has 3 aromatic rings. The predicted octanol–water partition coefficient (Wildman–Crippen LogP) is 3.47. The number of thiophene rings is 1. The number of aromatic nitrogens is 2. The number of H-pyrrole nitrogens is 1. The van der Waals surface area contributed by atoms with Crippen LogP contribution < -0.4 is 5.56 Å². The molecular formula is C15H12N2OS. The number of aryl methyl sites for hydroxylation is 1. The van der Waals surface area contributed by atoms with Crippen LogP contribution in [0.2, 0.25) is 0 Å². The Bertz CT molecular complexity index is 759. The van der Waals surface area contributed by atoms with Crippen LogP contribution in [0.15, 0.2) is 52.0 Å². The number of nitrogens with zero attached hydrogens (tertiary/aromatic N) is 1. The van der Waals surface area contributed by atoms with Crippen molar-refractivity contribution in [2.75, 3.05) is 0 Å². The molecule has 0 atom stereocenters. The zero-order valence-corrected chi connectivity index (χ0v) is 11.2. The smallest absolute Gasteiger partial charge is 0.251 e. The van der Waals surface area contributed by atoms with Crippen molar-refractivity contribution in [1.29, 1.82) is 0 Å². The summed E-state index contributed by atoms with van der Waals surface area (Å²) in [5, 5.41) is 4.05. The fraction of sp³-hybridized carbons (Fsp3) is 0.0667. The molecule has 0 amide bonds. The average Bonchev–Trinajstić information content (AvgIpc) is 2.85. The minimum absolute atomic E-state index is 0.130. The third-order valence-electron chi connectivity index (χ3n) is 2.92. The van der Waals surface area contributed by atoms with Crippen molar-refractivity contribution in [2.45, 2.75) is 6.92 Å². The topological polar surface area (TPSA) is 45.8 Å². The maximum absolute atomic E-state index is 11.8. The van der Waals surface area contributed by atoms with Gasteiger partial charge < -0.3 is 4.98 Å². The Kier molecular flexibility index (Phi) is 3.01. The van der Waals surface area contributed by atoms with Crippen molar-refractivity contribution in [3.8, 4) is 22.6 Å². The van der Waals surface area contributed by atoms with Gasteiger partial charge in [-0.25, -0.2) is 4.98 Å². The molecule has 0 aliphatic rings. The molecule has 2 aromatic heterocycles. The van der Waals surface area contributed by atoms with Crippen LogP contribution in [-0.2, 0) is 0 Å². The second-order valence-corrected chi connectivity index (χ2v) is 5.06. The van der Waals surface area contributed by atoms with Crippen LogP contribution in [0.25, 0.3) is 22.6 Å². The van der Waals surface area contributed by atoms with Crippen molar-refractivity contribution in [1.82, 2.24) is 9.97 Å². The highest BCUT2D eigenvalue weighted by Crippen LogP contribution is 2.24. The van der Waals surface area contributed by atoms with E-state index in [9.17, 15) is 4.79 Å². The lowest BCUT2D eigenvalue weighted by Gasteiger charge is -2.04. The van der Waals surface area contributed by atoms with E-state index in [0.29, 0.717) is 11.5 Å². The summed E-state index contributed by atoms with van der Waals surface area (Å²) < 4.78 is 0. The first-order chi connectivity index (χ1) is 9.24. The normalized spacial score (nSPS) is 10.6. The highest BCUT2D eigenvalue weighted by Gasteiger charge is 2.08. The molecule has 1 N–H and O–H groups in total. The minimum atomic E-state index is -0.130. The van der Waals surface area contributed by atoms with Crippen molar-refractivity contribution in [2.24, 2.45) is 0 Å². The molecule has 0 aliphatic carbocycles. The van der Waals surface area contributed by atoms with Gasteiger partial charge in [0.05, 0.1) is 5.69 Å². The third kappa shape index (κ3) is 2.35. The summed E-state index contributed by atoms with van der Waals surface area (Å²) in [4.78, 5) is 19.2. The molecule has 19 heavy (non-hydrogen) atoms. The lowest BCUT2D eigenvalue weighted by atomic mass is 10.1. The monoisotopic (exact) mass is 268 g/mol. The second-order valence-electron chi connectivity index (χ2n) is 4.31. The molecule has 0 radical (unpaired) electrons. The predicted molar refractivity (Wildman–Crippen MR) is 78.3 cm³/mol. The summed E-state index contributed by atoms with van der Waals surface area (Å²) in [6.45, 7) is 2.01. The number of aromatic amines is 1. The Hall–Kier alpha value is -2.20. The Labute approximate surface area is 114 Å². The van der Waals surface area contributed by atoms with Crippen LogP contribution in [0.1, 0.15) is 5.56 Å². The van der Waals surface area contributed by atoms with Gasteiger partial charge in [0.25, 0.3) is 5.56 Å². The van der Waals surface area contributed by atoms with Crippen molar-refractivity contribution < 1.29 is 0 Å². The molecule has 0 unspecified atom stereocenters. The standard InChI is InChI=1S/C15H12N2OS/c1-10-8-19-9-12(10)15-16-13(7-14(18)17-15)11-5-3-2-4-6-11/h2-9H,1H3,(H,16,17,18). The van der Waals surface area contributed by atoms with E-state index in [2.05, 4.69) is 9.97 Å². The maximum Gasteiger partial charge on any atom is 0.251 e. The molecule has 0 spiro atoms. The third-order valence-corrected chi connectivity index (χ3v) is 3.78. The van der Waals surface area contributed by atoms with Crippen LogP contribution in [0.3, 0.4) is 0 Å². The molecule has 3 nitrogen and oxygen atoms in total. The van der Waals surface area contributed by atoms with Gasteiger partial charge in [-0.3, -0.25) is 4.79 Å². The van der Waals surface area contributed by atoms with E-state index in [1.54, 1.807) is 11.3 Å². The zero-order valence-electron chi connectivity index (χ0n) is 10.4. The molecule has 0 bridgehead atoms. The molecular weight excluding hydrogens is 256 g/mol. The maximum atomic E-state index is 11.8. The number of benzene rings is 1. The van der Waals surface area contributed by atoms with Crippen LogP contribution >= 0.6 is 11.3 Å². The zero-order chi connectivity index (χ0) is 13.2. The van der Waals surface area contributed by atoms with Crippen LogP contribution in [0, 0.1) is 6.92 Å². The van der Waals surface area contributed by atoms with Gasteiger partial charge in [0, 0.05) is 22.6 Å². The number of hydrogen-bond donors (Lipinski definition) is 1. The first-order valence-electron chi connectivity index (χ1n) is 5.94. The van der Waals surface area contributed by atoms with Crippen LogP contribution in [0.5, 0.6) is 0 Å². The fourth-order valence-corrected chi connectivity index (χ4v) is 2.78. The van der Waals surface area contributed by atoms with E-state index in [4.69, 9.17) is 0 Å². The molecule has 0 saturated carbocycles. The number of nitrogens with one attached hydrogen (secondary N) is 1. The van der Waals surface area contributed by atoms with Crippen LogP contribution in [0.4, 0.5) is 0 Å². The fourth-order valence-electron chi connectivity index (χ4n) is 1.95. The van der Waals surface area contributed by atoms with Gasteiger partial charge in [0.1, 0.15) is 5.82 Å². The summed E-state index contributed by atoms with van der Waals surface area (Å²) in [5.74, 6) is 0.630. The molecule has 1 aromatic carbocycles. The lowest BCUT2D eigenvalue weighted by molar-refractivity contribution is 1.13. The highest BCUT2D eigenvalue weighted by atomic mass is 32.1. The Morgan fingerprint density at radius 3 is 2.63 bits per heavy atom. The van der Waals surface area contributed by atoms with Crippen LogP contribution in [-0.4, -0.2) is 9.97 Å². The van der Waals surface area contributed by atoms with E-state index in [1.807, 2.05) is 48.0 Å². The van der Waals surface area contributed by atoms with E-state index >= 15 is 0 Å². The number of rotatable bonds is 2. The van der Waals surface area contributed by atoms with E-state index in [0.717, 1.165) is 16.7 Å². The average molecular weight is 268 g/mol. The Morgan fingerprint density at radius 1 is 1.16 bits per heavy atom. The number of hydrogen-bond acceptors (Lipinski definition) is 3. The Balaban J connectivity index is 2.17. The highest BCUT2D eigenvalue weighted by molar-refractivity contribution is 7.08. The van der Waals surface area contributed by atoms with Gasteiger partial charge in [-0.15, -0.1) is 0 Å². The molecule has 0 aliphatic heterocycles. The molecule has 0 fully saturated rings. The van der Waals surface area contributed by atoms with Gasteiger partial charge >= 0.3 is 0 Å². The van der Waals surface area contributed by atoms with Crippen molar-refractivity contribution >= 4 is 11.3 Å². The molecule has 4 heteroatoms. The first kappa shape index (κ1) is 11.9. The summed E-state index contributed by atoms with van der Waals surface area (Å²) >= 11 is 1.61. The summed E-state index contributed by atoms with van der Waals surface area (Å²) in [7, 11) is 0. The second kappa shape index (κ2) is 4.82. The van der Waals surface area contributed by atoms with E-state index in [-0.39, 0.29) is 5.56 Å². The summed E-state index contributed by atoms with van der Waals surface area (Å²) in [6, 6.07) is 11.3. The lowest BCUT2D eigenvalue weighted by Crippen LogP contribution is -2.08. The van der Waals surface area contributed by atoms with Crippen molar-refractivity contribution in [3.05, 3.63) is 63.1 Å². The minimum Gasteiger partial charge on any atom is -0.306 e. The molecule has 3 rings (SSSR count). The van der Waals surface area contributed by atoms with Gasteiger partial charge in [-0.05, 0) is 17.9 Å².